The van der Waals surface area contributed by atoms with E-state index in [9.17, 15) is 0 Å². The minimum atomic E-state index is 0.445. The summed E-state index contributed by atoms with van der Waals surface area (Å²) in [7, 11) is 0. The van der Waals surface area contributed by atoms with E-state index >= 15 is 0 Å². The van der Waals surface area contributed by atoms with Gasteiger partial charge in [-0.25, -0.2) is 4.98 Å². The molecule has 2 aromatic heterocycles. The Labute approximate surface area is 108 Å². The number of aromatic nitrogens is 2. The third-order valence-electron chi connectivity index (χ3n) is 2.25. The van der Waals surface area contributed by atoms with Crippen LogP contribution >= 0.6 is 0 Å². The zero-order chi connectivity index (χ0) is 13.5. The summed E-state index contributed by atoms with van der Waals surface area (Å²) in [4.78, 5) is 4.34. The van der Waals surface area contributed by atoms with Crippen LogP contribution in [0, 0.1) is 0 Å². The van der Waals surface area contributed by atoms with Crippen molar-refractivity contribution in [3.63, 3.8) is 0 Å². The van der Waals surface area contributed by atoms with Gasteiger partial charge in [-0.15, -0.1) is 0 Å². The first-order chi connectivity index (χ1) is 8.70. The standard InChI is InChI=1S/C12H13N3O.C2H6/c1-3-9-7-12(15-16-9)11-6-4-5-10(14-11)8(2)13;1-2/h4-7H,2-3,13H2,1H3;1-2H3. The molecule has 0 saturated heterocycles. The average molecular weight is 245 g/mol. The summed E-state index contributed by atoms with van der Waals surface area (Å²) in [5.74, 6) is 0.841. The van der Waals surface area contributed by atoms with Crippen LogP contribution < -0.4 is 5.73 Å². The molecule has 0 spiro atoms. The lowest BCUT2D eigenvalue weighted by Crippen LogP contribution is -1.97. The molecule has 0 bridgehead atoms. The van der Waals surface area contributed by atoms with Gasteiger partial charge in [0.25, 0.3) is 0 Å². The second-order valence-electron chi connectivity index (χ2n) is 3.47. The van der Waals surface area contributed by atoms with Crippen molar-refractivity contribution in [1.29, 1.82) is 0 Å². The summed E-state index contributed by atoms with van der Waals surface area (Å²) in [6, 6.07) is 7.43. The van der Waals surface area contributed by atoms with Crippen LogP contribution in [0.3, 0.4) is 0 Å². The van der Waals surface area contributed by atoms with Crippen LogP contribution in [0.1, 0.15) is 32.2 Å². The van der Waals surface area contributed by atoms with Gasteiger partial charge >= 0.3 is 0 Å². The molecule has 0 atom stereocenters. The summed E-state index contributed by atoms with van der Waals surface area (Å²) in [6.45, 7) is 9.66. The Morgan fingerprint density at radius 3 is 2.61 bits per heavy atom. The molecule has 0 amide bonds. The second kappa shape index (κ2) is 6.59. The van der Waals surface area contributed by atoms with Crippen LogP contribution in [0.2, 0.25) is 0 Å². The fraction of sp³-hybridized carbons (Fsp3) is 0.286. The molecule has 0 radical (unpaired) electrons. The molecule has 4 heteroatoms. The van der Waals surface area contributed by atoms with E-state index in [0.717, 1.165) is 23.6 Å². The molecule has 0 aromatic carbocycles. The molecule has 96 valence electrons. The summed E-state index contributed by atoms with van der Waals surface area (Å²) in [6.07, 6.45) is 0.816. The molecule has 0 aliphatic heterocycles. The fourth-order valence-corrected chi connectivity index (χ4v) is 1.36. The highest BCUT2D eigenvalue weighted by atomic mass is 16.5. The van der Waals surface area contributed by atoms with E-state index in [2.05, 4.69) is 16.7 Å². The predicted octanol–water partition coefficient (Wildman–Crippen LogP) is 3.25. The maximum absolute atomic E-state index is 5.59. The highest BCUT2D eigenvalue weighted by molar-refractivity contribution is 5.61. The van der Waals surface area contributed by atoms with E-state index in [1.807, 2.05) is 45.0 Å². The summed E-state index contributed by atoms with van der Waals surface area (Å²) in [5.41, 5.74) is 8.17. The molecular weight excluding hydrogens is 226 g/mol. The molecule has 0 aliphatic carbocycles. The Morgan fingerprint density at radius 1 is 1.33 bits per heavy atom. The third kappa shape index (κ3) is 3.20. The number of nitrogens with two attached hydrogens (primary N) is 1. The Bertz CT molecular complexity index is 517. The third-order valence-corrected chi connectivity index (χ3v) is 2.25. The van der Waals surface area contributed by atoms with Gasteiger partial charge < -0.3 is 10.3 Å². The molecule has 2 rings (SSSR count). The molecule has 0 fully saturated rings. The summed E-state index contributed by atoms with van der Waals surface area (Å²) >= 11 is 0. The van der Waals surface area contributed by atoms with Crippen LogP contribution in [0.4, 0.5) is 0 Å². The van der Waals surface area contributed by atoms with E-state index in [4.69, 9.17) is 10.3 Å². The van der Waals surface area contributed by atoms with Gasteiger partial charge in [0.05, 0.1) is 17.1 Å². The fourth-order valence-electron chi connectivity index (χ4n) is 1.36. The number of pyridine rings is 1. The first kappa shape index (κ1) is 14.0. The van der Waals surface area contributed by atoms with Gasteiger partial charge in [0.2, 0.25) is 0 Å². The zero-order valence-corrected chi connectivity index (χ0v) is 11.1. The van der Waals surface area contributed by atoms with Gasteiger partial charge in [0, 0.05) is 12.5 Å². The van der Waals surface area contributed by atoms with Crippen molar-refractivity contribution in [2.75, 3.05) is 0 Å². The van der Waals surface area contributed by atoms with Gasteiger partial charge in [-0.2, -0.15) is 0 Å². The Hall–Kier alpha value is -2.10. The topological polar surface area (TPSA) is 64.9 Å². The van der Waals surface area contributed by atoms with E-state index in [1.54, 1.807) is 0 Å². The normalized spacial score (nSPS) is 9.50. The van der Waals surface area contributed by atoms with Gasteiger partial charge in [0.1, 0.15) is 11.5 Å². The molecule has 2 N–H and O–H groups in total. The van der Waals surface area contributed by atoms with Crippen molar-refractivity contribution >= 4 is 5.70 Å². The zero-order valence-electron chi connectivity index (χ0n) is 11.1. The molecule has 0 unspecified atom stereocenters. The molecule has 0 aliphatic rings. The van der Waals surface area contributed by atoms with Crippen molar-refractivity contribution < 1.29 is 4.52 Å². The van der Waals surface area contributed by atoms with Crippen LogP contribution in [-0.4, -0.2) is 10.1 Å². The Balaban J connectivity index is 0.000000771. The lowest BCUT2D eigenvalue weighted by Gasteiger charge is -2.00. The number of hydrogen-bond acceptors (Lipinski definition) is 4. The van der Waals surface area contributed by atoms with Gasteiger partial charge in [-0.1, -0.05) is 38.6 Å². The SMILES string of the molecule is C=C(N)c1cccc(-c2cc(CC)on2)n1.CC. The van der Waals surface area contributed by atoms with Crippen molar-refractivity contribution in [2.24, 2.45) is 5.73 Å². The Morgan fingerprint density at radius 2 is 2.06 bits per heavy atom. The van der Waals surface area contributed by atoms with E-state index in [1.165, 1.54) is 0 Å². The van der Waals surface area contributed by atoms with Crippen molar-refractivity contribution in [3.05, 3.63) is 42.3 Å². The quantitative estimate of drug-likeness (QED) is 0.901. The average Bonchev–Trinajstić information content (AvgIpc) is 2.90. The minimum absolute atomic E-state index is 0.445. The molecule has 2 aromatic rings. The number of nitrogens with zero attached hydrogens (tertiary/aromatic N) is 2. The van der Waals surface area contributed by atoms with Gasteiger partial charge in [-0.05, 0) is 12.1 Å². The number of hydrogen-bond donors (Lipinski definition) is 1. The van der Waals surface area contributed by atoms with Crippen molar-refractivity contribution in [2.45, 2.75) is 27.2 Å². The predicted molar refractivity (Wildman–Crippen MR) is 73.7 cm³/mol. The van der Waals surface area contributed by atoms with Crippen molar-refractivity contribution in [1.82, 2.24) is 10.1 Å². The molecule has 0 saturated carbocycles. The lowest BCUT2D eigenvalue weighted by atomic mass is 10.2. The lowest BCUT2D eigenvalue weighted by molar-refractivity contribution is 0.389. The van der Waals surface area contributed by atoms with E-state index in [-0.39, 0.29) is 0 Å². The van der Waals surface area contributed by atoms with Gasteiger partial charge in [-0.3, -0.25) is 0 Å². The van der Waals surface area contributed by atoms with Crippen LogP contribution in [-0.2, 0) is 6.42 Å². The Kier molecular flexibility index (Phi) is 5.11. The van der Waals surface area contributed by atoms with Crippen LogP contribution in [0.15, 0.2) is 35.4 Å². The first-order valence-electron chi connectivity index (χ1n) is 6.08. The monoisotopic (exact) mass is 245 g/mol. The highest BCUT2D eigenvalue weighted by Gasteiger charge is 2.07. The highest BCUT2D eigenvalue weighted by Crippen LogP contribution is 2.18. The molecule has 18 heavy (non-hydrogen) atoms. The first-order valence-corrected chi connectivity index (χ1v) is 6.08. The number of rotatable bonds is 3. The number of aryl methyl sites for hydroxylation is 1. The summed E-state index contributed by atoms with van der Waals surface area (Å²) < 4.78 is 5.12. The molecule has 2 heterocycles. The maximum Gasteiger partial charge on any atom is 0.137 e. The van der Waals surface area contributed by atoms with Gasteiger partial charge in [0.15, 0.2) is 0 Å². The van der Waals surface area contributed by atoms with E-state index in [0.29, 0.717) is 11.4 Å². The maximum atomic E-state index is 5.59. The smallest absolute Gasteiger partial charge is 0.137 e. The van der Waals surface area contributed by atoms with Crippen LogP contribution in [0.25, 0.3) is 17.1 Å². The molecular formula is C14H19N3O. The minimum Gasteiger partial charge on any atom is -0.397 e. The summed E-state index contributed by atoms with van der Waals surface area (Å²) in [5, 5.41) is 3.95. The largest absolute Gasteiger partial charge is 0.397 e. The van der Waals surface area contributed by atoms with Crippen molar-refractivity contribution in [3.8, 4) is 11.4 Å². The molecule has 4 nitrogen and oxygen atoms in total. The van der Waals surface area contributed by atoms with Crippen LogP contribution in [0.5, 0.6) is 0 Å². The second-order valence-corrected chi connectivity index (χ2v) is 3.47. The van der Waals surface area contributed by atoms with E-state index < -0.39 is 0 Å².